The summed E-state index contributed by atoms with van der Waals surface area (Å²) in [4.78, 5) is 8.29. The van der Waals surface area contributed by atoms with Crippen LogP contribution in [0.2, 0.25) is 5.02 Å². The third-order valence-electron chi connectivity index (χ3n) is 2.37. The number of halogens is 1. The summed E-state index contributed by atoms with van der Waals surface area (Å²) in [7, 11) is 0. The van der Waals surface area contributed by atoms with Gasteiger partial charge in [0.1, 0.15) is 12.1 Å². The van der Waals surface area contributed by atoms with Gasteiger partial charge < -0.3 is 14.8 Å². The Hall–Kier alpha value is -1.59. The number of pyridine rings is 1. The van der Waals surface area contributed by atoms with Gasteiger partial charge in [0.25, 0.3) is 0 Å². The first kappa shape index (κ1) is 12.9. The molecule has 0 amide bonds. The van der Waals surface area contributed by atoms with Gasteiger partial charge in [0, 0.05) is 6.20 Å². The minimum atomic E-state index is -0.498. The fourth-order valence-electron chi connectivity index (χ4n) is 1.42. The number of aliphatic hydroxyl groups excluding tert-OH is 1. The molecule has 0 aliphatic carbocycles. The summed E-state index contributed by atoms with van der Waals surface area (Å²) in [5.41, 5.74) is 0.163. The van der Waals surface area contributed by atoms with Crippen molar-refractivity contribution in [2.75, 3.05) is 11.9 Å². The number of hydrogen-bond acceptors (Lipinski definition) is 5. The first-order valence-electron chi connectivity index (χ1n) is 5.46. The normalized spacial score (nSPS) is 11.6. The number of oxazole rings is 1. The van der Waals surface area contributed by atoms with E-state index in [1.54, 1.807) is 12.3 Å². The van der Waals surface area contributed by atoms with Crippen LogP contribution in [0, 0.1) is 0 Å². The predicted octanol–water partition coefficient (Wildman–Crippen LogP) is 2.57. The molecule has 0 aliphatic heterocycles. The van der Waals surface area contributed by atoms with Gasteiger partial charge in [0.2, 0.25) is 5.89 Å². The van der Waals surface area contributed by atoms with Crippen molar-refractivity contribution in [2.24, 2.45) is 0 Å². The van der Waals surface area contributed by atoms with Crippen LogP contribution in [0.3, 0.4) is 0 Å². The second-order valence-corrected chi connectivity index (χ2v) is 4.99. The number of rotatable bonds is 4. The van der Waals surface area contributed by atoms with Crippen LogP contribution in [0.25, 0.3) is 11.5 Å². The third kappa shape index (κ3) is 2.80. The Morgan fingerprint density at radius 1 is 1.44 bits per heavy atom. The van der Waals surface area contributed by atoms with Crippen LogP contribution in [0.5, 0.6) is 0 Å². The molecule has 5 nitrogen and oxygen atoms in total. The van der Waals surface area contributed by atoms with Crippen LogP contribution in [0.4, 0.5) is 5.82 Å². The zero-order chi connectivity index (χ0) is 13.2. The maximum absolute atomic E-state index is 9.28. The van der Waals surface area contributed by atoms with Gasteiger partial charge in [-0.25, -0.2) is 9.97 Å². The Labute approximate surface area is 110 Å². The topological polar surface area (TPSA) is 71.2 Å². The summed E-state index contributed by atoms with van der Waals surface area (Å²) in [6.07, 6.45) is 4.57. The van der Waals surface area contributed by atoms with Gasteiger partial charge in [-0.3, -0.25) is 0 Å². The van der Waals surface area contributed by atoms with Crippen LogP contribution in [-0.4, -0.2) is 27.2 Å². The van der Waals surface area contributed by atoms with E-state index in [1.165, 1.54) is 12.5 Å². The van der Waals surface area contributed by atoms with E-state index in [0.717, 1.165) is 0 Å². The number of anilines is 1. The molecule has 0 fully saturated rings. The highest BCUT2D eigenvalue weighted by Gasteiger charge is 2.20. The maximum atomic E-state index is 9.28. The molecule has 0 aliphatic rings. The van der Waals surface area contributed by atoms with E-state index in [9.17, 15) is 5.11 Å². The summed E-state index contributed by atoms with van der Waals surface area (Å²) in [5.74, 6) is 1.00. The average molecular weight is 268 g/mol. The van der Waals surface area contributed by atoms with Gasteiger partial charge in [0.05, 0.1) is 28.9 Å². The Morgan fingerprint density at radius 3 is 2.83 bits per heavy atom. The summed E-state index contributed by atoms with van der Waals surface area (Å²) in [6, 6.07) is 1.72. The Morgan fingerprint density at radius 2 is 2.22 bits per heavy atom. The summed E-state index contributed by atoms with van der Waals surface area (Å²) < 4.78 is 5.25. The maximum Gasteiger partial charge on any atom is 0.229 e. The van der Waals surface area contributed by atoms with E-state index in [2.05, 4.69) is 15.3 Å². The number of nitrogens with zero attached hydrogens (tertiary/aromatic N) is 2. The molecular formula is C12H14ClN3O2. The van der Waals surface area contributed by atoms with Crippen molar-refractivity contribution in [2.45, 2.75) is 19.4 Å². The summed E-state index contributed by atoms with van der Waals surface area (Å²) in [5, 5.41) is 12.9. The third-order valence-corrected chi connectivity index (χ3v) is 2.58. The first-order valence-corrected chi connectivity index (χ1v) is 5.84. The molecule has 0 saturated heterocycles. The molecule has 0 aromatic carbocycles. The lowest BCUT2D eigenvalue weighted by Gasteiger charge is -2.25. The second-order valence-electron chi connectivity index (χ2n) is 4.55. The quantitative estimate of drug-likeness (QED) is 0.891. The van der Waals surface area contributed by atoms with E-state index < -0.39 is 5.54 Å². The lowest BCUT2D eigenvalue weighted by Crippen LogP contribution is -2.35. The van der Waals surface area contributed by atoms with Crippen molar-refractivity contribution in [3.8, 4) is 11.5 Å². The van der Waals surface area contributed by atoms with Crippen molar-refractivity contribution >= 4 is 17.4 Å². The molecular weight excluding hydrogens is 254 g/mol. The highest BCUT2D eigenvalue weighted by Crippen LogP contribution is 2.29. The zero-order valence-electron chi connectivity index (χ0n) is 10.1. The molecule has 0 spiro atoms. The molecule has 0 bridgehead atoms. The molecule has 2 N–H and O–H groups in total. The van der Waals surface area contributed by atoms with Crippen LogP contribution in [0.15, 0.2) is 29.1 Å². The molecule has 6 heteroatoms. The Kier molecular flexibility index (Phi) is 3.54. The van der Waals surface area contributed by atoms with Crippen molar-refractivity contribution < 1.29 is 9.52 Å². The van der Waals surface area contributed by atoms with E-state index in [0.29, 0.717) is 22.3 Å². The highest BCUT2D eigenvalue weighted by atomic mass is 35.5. The molecule has 2 aromatic heterocycles. The number of hydrogen-bond donors (Lipinski definition) is 2. The van der Waals surface area contributed by atoms with Crippen LogP contribution >= 0.6 is 11.6 Å². The van der Waals surface area contributed by atoms with Gasteiger partial charge in [-0.2, -0.15) is 0 Å². The van der Waals surface area contributed by atoms with Gasteiger partial charge in [-0.15, -0.1) is 0 Å². The van der Waals surface area contributed by atoms with Crippen LogP contribution in [0.1, 0.15) is 13.8 Å². The van der Waals surface area contributed by atoms with E-state index in [4.69, 9.17) is 16.0 Å². The van der Waals surface area contributed by atoms with Gasteiger partial charge in [0.15, 0.2) is 0 Å². The molecule has 96 valence electrons. The predicted molar refractivity (Wildman–Crippen MR) is 69.5 cm³/mol. The SMILES string of the molecule is CC(C)(CO)Nc1ncc(Cl)cc1-c1ncco1. The second kappa shape index (κ2) is 4.96. The zero-order valence-corrected chi connectivity index (χ0v) is 10.9. The van der Waals surface area contributed by atoms with Crippen molar-refractivity contribution in [1.29, 1.82) is 0 Å². The van der Waals surface area contributed by atoms with Crippen molar-refractivity contribution in [1.82, 2.24) is 9.97 Å². The molecule has 2 heterocycles. The molecule has 18 heavy (non-hydrogen) atoms. The van der Waals surface area contributed by atoms with Gasteiger partial charge in [-0.05, 0) is 19.9 Å². The molecule has 0 atom stereocenters. The smallest absolute Gasteiger partial charge is 0.229 e. The summed E-state index contributed by atoms with van der Waals surface area (Å²) >= 11 is 5.93. The first-order chi connectivity index (χ1) is 8.52. The van der Waals surface area contributed by atoms with Crippen molar-refractivity contribution in [3.05, 3.63) is 29.7 Å². The van der Waals surface area contributed by atoms with E-state index in [-0.39, 0.29) is 6.61 Å². The standard InChI is InChI=1S/C12H14ClN3O2/c1-12(2,7-17)16-10-9(5-8(13)6-15-10)11-14-3-4-18-11/h3-6,17H,7H2,1-2H3,(H,15,16). The van der Waals surface area contributed by atoms with Crippen LogP contribution < -0.4 is 5.32 Å². The summed E-state index contributed by atoms with van der Waals surface area (Å²) in [6.45, 7) is 3.70. The highest BCUT2D eigenvalue weighted by molar-refractivity contribution is 6.30. The van der Waals surface area contributed by atoms with Gasteiger partial charge >= 0.3 is 0 Å². The molecule has 0 saturated carbocycles. The Balaban J connectivity index is 2.42. The largest absolute Gasteiger partial charge is 0.444 e. The molecule has 0 radical (unpaired) electrons. The fraction of sp³-hybridized carbons (Fsp3) is 0.333. The molecule has 2 rings (SSSR count). The Bertz CT molecular complexity index is 526. The number of aromatic nitrogens is 2. The lowest BCUT2D eigenvalue weighted by molar-refractivity contribution is 0.234. The minimum absolute atomic E-state index is 0.0255. The van der Waals surface area contributed by atoms with Gasteiger partial charge in [-0.1, -0.05) is 11.6 Å². The number of aliphatic hydroxyl groups is 1. The average Bonchev–Trinajstić information content (AvgIpc) is 2.85. The van der Waals surface area contributed by atoms with Crippen molar-refractivity contribution in [3.63, 3.8) is 0 Å². The van der Waals surface area contributed by atoms with E-state index in [1.807, 2.05) is 13.8 Å². The lowest BCUT2D eigenvalue weighted by atomic mass is 10.1. The van der Waals surface area contributed by atoms with E-state index >= 15 is 0 Å². The number of nitrogens with one attached hydrogen (secondary N) is 1. The monoisotopic (exact) mass is 267 g/mol. The molecule has 0 unspecified atom stereocenters. The van der Waals surface area contributed by atoms with Crippen LogP contribution in [-0.2, 0) is 0 Å². The minimum Gasteiger partial charge on any atom is -0.444 e. The fourth-order valence-corrected chi connectivity index (χ4v) is 1.58. The molecule has 2 aromatic rings.